The summed E-state index contributed by atoms with van der Waals surface area (Å²) in [6.07, 6.45) is 0. The van der Waals surface area contributed by atoms with Gasteiger partial charge < -0.3 is 5.32 Å². The van der Waals surface area contributed by atoms with Gasteiger partial charge in [-0.2, -0.15) is 0 Å². The van der Waals surface area contributed by atoms with E-state index in [0.717, 1.165) is 16.7 Å². The minimum Gasteiger partial charge on any atom is -0.346 e. The van der Waals surface area contributed by atoms with E-state index in [1.54, 1.807) is 0 Å². The summed E-state index contributed by atoms with van der Waals surface area (Å²) in [4.78, 5) is 22.6. The molecule has 2 rings (SSSR count). The van der Waals surface area contributed by atoms with Gasteiger partial charge in [0.2, 0.25) is 0 Å². The van der Waals surface area contributed by atoms with Gasteiger partial charge in [0, 0.05) is 11.6 Å². The molecule has 0 saturated carbocycles. The monoisotopic (exact) mass is 332 g/mol. The second-order valence-electron chi connectivity index (χ2n) is 5.48. The van der Waals surface area contributed by atoms with Crippen molar-refractivity contribution in [2.45, 2.75) is 26.8 Å². The second-order valence-corrected chi connectivity index (χ2v) is 5.89. The van der Waals surface area contributed by atoms with Crippen LogP contribution in [0.1, 0.15) is 40.0 Å². The minimum atomic E-state index is -0.605. The number of nitro groups is 1. The van der Waals surface area contributed by atoms with Gasteiger partial charge in [-0.15, -0.1) is 0 Å². The standard InChI is InChI=1S/C17H17ClN2O3/c1-10-4-6-14(11(2)8-10)12(3)19-17(21)13-5-7-15(18)16(9-13)20(22)23/h4-9,12H,1-3H3,(H,19,21)/t12-/m1/s1. The summed E-state index contributed by atoms with van der Waals surface area (Å²) in [6, 6.07) is 9.81. The fraction of sp³-hybridized carbons (Fsp3) is 0.235. The molecule has 0 saturated heterocycles. The van der Waals surface area contributed by atoms with Crippen molar-refractivity contribution in [2.24, 2.45) is 0 Å². The van der Waals surface area contributed by atoms with E-state index in [2.05, 4.69) is 5.32 Å². The van der Waals surface area contributed by atoms with Crippen LogP contribution in [0.15, 0.2) is 36.4 Å². The highest BCUT2D eigenvalue weighted by atomic mass is 35.5. The number of carbonyl (C=O) groups is 1. The molecule has 2 aromatic carbocycles. The van der Waals surface area contributed by atoms with E-state index in [1.807, 2.05) is 39.0 Å². The largest absolute Gasteiger partial charge is 0.346 e. The Labute approximate surface area is 139 Å². The number of halogens is 1. The molecule has 0 unspecified atom stereocenters. The lowest BCUT2D eigenvalue weighted by Crippen LogP contribution is -2.27. The fourth-order valence-corrected chi connectivity index (χ4v) is 2.65. The van der Waals surface area contributed by atoms with E-state index in [-0.39, 0.29) is 28.2 Å². The number of hydrogen-bond acceptors (Lipinski definition) is 3. The Bertz CT molecular complexity index is 774. The Morgan fingerprint density at radius 3 is 2.52 bits per heavy atom. The molecule has 5 nitrogen and oxygen atoms in total. The average molecular weight is 333 g/mol. The lowest BCUT2D eigenvalue weighted by molar-refractivity contribution is -0.384. The van der Waals surface area contributed by atoms with Gasteiger partial charge >= 0.3 is 0 Å². The van der Waals surface area contributed by atoms with Crippen molar-refractivity contribution in [3.8, 4) is 0 Å². The summed E-state index contributed by atoms with van der Waals surface area (Å²) >= 11 is 5.76. The molecule has 6 heteroatoms. The number of aryl methyl sites for hydroxylation is 2. The zero-order chi connectivity index (χ0) is 17.1. The second kappa shape index (κ2) is 6.79. The third-order valence-electron chi connectivity index (χ3n) is 3.64. The van der Waals surface area contributed by atoms with Crippen molar-refractivity contribution >= 4 is 23.2 Å². The summed E-state index contributed by atoms with van der Waals surface area (Å²) in [6.45, 7) is 5.87. The van der Waals surface area contributed by atoms with Crippen molar-refractivity contribution in [1.29, 1.82) is 0 Å². The third-order valence-corrected chi connectivity index (χ3v) is 3.96. The van der Waals surface area contributed by atoms with Gasteiger partial charge in [-0.1, -0.05) is 35.4 Å². The molecule has 0 aliphatic heterocycles. The van der Waals surface area contributed by atoms with Crippen LogP contribution in [0.3, 0.4) is 0 Å². The summed E-state index contributed by atoms with van der Waals surface area (Å²) < 4.78 is 0. The van der Waals surface area contributed by atoms with Crippen LogP contribution >= 0.6 is 11.6 Å². The molecule has 0 bridgehead atoms. The number of carbonyl (C=O) groups excluding carboxylic acids is 1. The molecule has 1 N–H and O–H groups in total. The number of nitrogens with zero attached hydrogens (tertiary/aromatic N) is 1. The highest BCUT2D eigenvalue weighted by molar-refractivity contribution is 6.32. The van der Waals surface area contributed by atoms with Crippen LogP contribution in [0.25, 0.3) is 0 Å². The van der Waals surface area contributed by atoms with Crippen molar-refractivity contribution in [3.05, 3.63) is 73.8 Å². The molecule has 120 valence electrons. The van der Waals surface area contributed by atoms with E-state index in [9.17, 15) is 14.9 Å². The van der Waals surface area contributed by atoms with Gasteiger partial charge in [-0.25, -0.2) is 0 Å². The van der Waals surface area contributed by atoms with Gasteiger partial charge in [0.05, 0.1) is 11.0 Å². The molecular weight excluding hydrogens is 316 g/mol. The highest BCUT2D eigenvalue weighted by Crippen LogP contribution is 2.25. The fourth-order valence-electron chi connectivity index (χ4n) is 2.46. The van der Waals surface area contributed by atoms with Crippen LogP contribution < -0.4 is 5.32 Å². The maximum atomic E-state index is 12.3. The molecule has 0 aromatic heterocycles. The first-order valence-electron chi connectivity index (χ1n) is 7.11. The first kappa shape index (κ1) is 17.0. The summed E-state index contributed by atoms with van der Waals surface area (Å²) in [5.41, 5.74) is 3.17. The lowest BCUT2D eigenvalue weighted by atomic mass is 10.00. The normalized spacial score (nSPS) is 11.8. The van der Waals surface area contributed by atoms with E-state index >= 15 is 0 Å². The molecular formula is C17H17ClN2O3. The molecule has 0 radical (unpaired) electrons. The number of rotatable bonds is 4. The van der Waals surface area contributed by atoms with Crippen molar-refractivity contribution in [3.63, 3.8) is 0 Å². The van der Waals surface area contributed by atoms with Crippen molar-refractivity contribution in [1.82, 2.24) is 5.32 Å². The molecule has 0 spiro atoms. The lowest BCUT2D eigenvalue weighted by Gasteiger charge is -2.17. The predicted octanol–water partition coefficient (Wildman–Crippen LogP) is 4.36. The third kappa shape index (κ3) is 3.87. The topological polar surface area (TPSA) is 72.2 Å². The van der Waals surface area contributed by atoms with Crippen LogP contribution in [0.2, 0.25) is 5.02 Å². The Morgan fingerprint density at radius 2 is 1.91 bits per heavy atom. The highest BCUT2D eigenvalue weighted by Gasteiger charge is 2.18. The van der Waals surface area contributed by atoms with Gasteiger partial charge in [0.15, 0.2) is 0 Å². The molecule has 0 heterocycles. The number of hydrogen-bond donors (Lipinski definition) is 1. The van der Waals surface area contributed by atoms with E-state index in [0.29, 0.717) is 0 Å². The van der Waals surface area contributed by atoms with Crippen LogP contribution in [0.5, 0.6) is 0 Å². The Morgan fingerprint density at radius 1 is 1.22 bits per heavy atom. The molecule has 2 aromatic rings. The maximum Gasteiger partial charge on any atom is 0.288 e. The first-order valence-corrected chi connectivity index (χ1v) is 7.49. The molecule has 0 fully saturated rings. The van der Waals surface area contributed by atoms with Gasteiger partial charge in [0.1, 0.15) is 5.02 Å². The summed E-state index contributed by atoms with van der Waals surface area (Å²) in [5.74, 6) is -0.378. The Kier molecular flexibility index (Phi) is 5.01. The zero-order valence-corrected chi connectivity index (χ0v) is 13.8. The summed E-state index contributed by atoms with van der Waals surface area (Å²) in [5, 5.41) is 13.8. The number of benzene rings is 2. The quantitative estimate of drug-likeness (QED) is 0.668. The number of nitro benzene ring substituents is 1. The van der Waals surface area contributed by atoms with Crippen molar-refractivity contribution < 1.29 is 9.72 Å². The predicted molar refractivity (Wildman–Crippen MR) is 89.9 cm³/mol. The van der Waals surface area contributed by atoms with Gasteiger partial charge in [-0.3, -0.25) is 14.9 Å². The van der Waals surface area contributed by atoms with Crippen LogP contribution in [-0.2, 0) is 0 Å². The maximum absolute atomic E-state index is 12.3. The van der Waals surface area contributed by atoms with Gasteiger partial charge in [0.25, 0.3) is 11.6 Å². The van der Waals surface area contributed by atoms with E-state index in [1.165, 1.54) is 18.2 Å². The number of amides is 1. The smallest absolute Gasteiger partial charge is 0.288 e. The summed E-state index contributed by atoms with van der Waals surface area (Å²) in [7, 11) is 0. The number of nitrogens with one attached hydrogen (secondary N) is 1. The van der Waals surface area contributed by atoms with Gasteiger partial charge in [-0.05, 0) is 44.0 Å². The van der Waals surface area contributed by atoms with E-state index in [4.69, 9.17) is 11.6 Å². The van der Waals surface area contributed by atoms with Crippen LogP contribution in [0.4, 0.5) is 5.69 Å². The minimum absolute atomic E-state index is 0.00831. The first-order chi connectivity index (χ1) is 10.8. The Hall–Kier alpha value is -2.40. The van der Waals surface area contributed by atoms with Crippen LogP contribution in [0, 0.1) is 24.0 Å². The molecule has 0 aliphatic carbocycles. The molecule has 23 heavy (non-hydrogen) atoms. The van der Waals surface area contributed by atoms with Crippen LogP contribution in [-0.4, -0.2) is 10.8 Å². The molecule has 0 aliphatic rings. The molecule has 1 atom stereocenters. The van der Waals surface area contributed by atoms with Crippen molar-refractivity contribution in [2.75, 3.05) is 0 Å². The SMILES string of the molecule is Cc1ccc([C@@H](C)NC(=O)c2ccc(Cl)c([N+](=O)[O-])c2)c(C)c1. The average Bonchev–Trinajstić information content (AvgIpc) is 2.46. The Balaban J connectivity index is 2.21. The molecule has 1 amide bonds. The zero-order valence-electron chi connectivity index (χ0n) is 13.1. The van der Waals surface area contributed by atoms with E-state index < -0.39 is 4.92 Å².